The molecule has 0 radical (unpaired) electrons. The molecule has 2 aromatic rings. The van der Waals surface area contributed by atoms with E-state index in [9.17, 15) is 0 Å². The summed E-state index contributed by atoms with van der Waals surface area (Å²) < 4.78 is 0. The van der Waals surface area contributed by atoms with E-state index in [-0.39, 0.29) is 10.9 Å². The summed E-state index contributed by atoms with van der Waals surface area (Å²) >= 11 is 6.15. The number of nitrogens with one attached hydrogen (secondary N) is 1. The fraction of sp³-hybridized carbons (Fsp3) is 0.357. The second-order valence-electron chi connectivity index (χ2n) is 4.85. The van der Waals surface area contributed by atoms with Crippen LogP contribution in [-0.4, -0.2) is 15.9 Å². The van der Waals surface area contributed by atoms with Crippen LogP contribution in [0.5, 0.6) is 0 Å². The topological polar surface area (TPSA) is 24.9 Å². The van der Waals surface area contributed by atoms with Crippen molar-refractivity contribution < 1.29 is 0 Å². The van der Waals surface area contributed by atoms with Gasteiger partial charge in [0.05, 0.1) is 10.9 Å². The van der Waals surface area contributed by atoms with Crippen LogP contribution in [0, 0.1) is 0 Å². The van der Waals surface area contributed by atoms with E-state index in [0.717, 1.165) is 16.7 Å². The zero-order valence-electron chi connectivity index (χ0n) is 10.4. The van der Waals surface area contributed by atoms with Gasteiger partial charge in [0.15, 0.2) is 0 Å². The van der Waals surface area contributed by atoms with Crippen molar-refractivity contribution in [1.29, 1.82) is 0 Å². The van der Waals surface area contributed by atoms with Gasteiger partial charge in [0, 0.05) is 10.9 Å². The molecule has 0 aliphatic carbocycles. The highest BCUT2D eigenvalue weighted by molar-refractivity contribution is 6.21. The first-order chi connectivity index (χ1) is 7.99. The summed E-state index contributed by atoms with van der Waals surface area (Å²) in [7, 11) is 0. The smallest absolute Gasteiger partial charge is 0.127 e. The summed E-state index contributed by atoms with van der Waals surface area (Å²) in [6.07, 6.45) is 0. The van der Waals surface area contributed by atoms with Crippen LogP contribution < -0.4 is 5.32 Å². The lowest BCUT2D eigenvalue weighted by atomic mass is 10.0. The summed E-state index contributed by atoms with van der Waals surface area (Å²) in [6, 6.07) is 12.1. The quantitative estimate of drug-likeness (QED) is 0.829. The second-order valence-corrected chi connectivity index (χ2v) is 5.51. The first-order valence-corrected chi connectivity index (χ1v) is 6.21. The van der Waals surface area contributed by atoms with Crippen LogP contribution in [0.3, 0.4) is 0 Å². The Hall–Kier alpha value is -1.28. The average Bonchev–Trinajstić information content (AvgIpc) is 2.28. The summed E-state index contributed by atoms with van der Waals surface area (Å²) in [5.74, 6) is 0.862. The number of alkyl halides is 1. The molecule has 0 aliphatic rings. The zero-order chi connectivity index (χ0) is 12.5. The van der Waals surface area contributed by atoms with E-state index in [2.05, 4.69) is 36.3 Å². The Labute approximate surface area is 107 Å². The van der Waals surface area contributed by atoms with Crippen LogP contribution in [0.1, 0.15) is 20.8 Å². The minimum atomic E-state index is -0.184. The van der Waals surface area contributed by atoms with Crippen molar-refractivity contribution in [1.82, 2.24) is 4.98 Å². The summed E-state index contributed by atoms with van der Waals surface area (Å²) in [5, 5.41) is 4.54. The van der Waals surface area contributed by atoms with Crippen molar-refractivity contribution in [2.45, 2.75) is 31.7 Å². The molecule has 0 amide bonds. The molecule has 0 saturated heterocycles. The molecule has 2 rings (SSSR count). The fourth-order valence-electron chi connectivity index (χ4n) is 1.57. The van der Waals surface area contributed by atoms with E-state index in [0.29, 0.717) is 0 Å². The normalized spacial score (nSPS) is 13.6. The van der Waals surface area contributed by atoms with Gasteiger partial charge in [0.1, 0.15) is 5.82 Å². The van der Waals surface area contributed by atoms with Crippen molar-refractivity contribution in [2.75, 3.05) is 5.32 Å². The van der Waals surface area contributed by atoms with E-state index in [4.69, 9.17) is 11.6 Å². The van der Waals surface area contributed by atoms with Gasteiger partial charge < -0.3 is 5.32 Å². The highest BCUT2D eigenvalue weighted by Gasteiger charge is 2.24. The first-order valence-electron chi connectivity index (χ1n) is 5.77. The van der Waals surface area contributed by atoms with Crippen molar-refractivity contribution in [3.05, 3.63) is 36.4 Å². The minimum Gasteiger partial charge on any atom is -0.364 e. The van der Waals surface area contributed by atoms with Gasteiger partial charge in [-0.05, 0) is 39.0 Å². The second kappa shape index (κ2) is 4.53. The molecule has 1 atom stereocenters. The van der Waals surface area contributed by atoms with Crippen LogP contribution in [0.25, 0.3) is 10.9 Å². The van der Waals surface area contributed by atoms with Crippen molar-refractivity contribution in [2.24, 2.45) is 0 Å². The lowest BCUT2D eigenvalue weighted by Gasteiger charge is -2.29. The number of anilines is 1. The zero-order valence-corrected chi connectivity index (χ0v) is 11.1. The SMILES string of the molecule is CC(Cl)C(C)(C)Nc1ccc2ccccc2n1. The molecule has 17 heavy (non-hydrogen) atoms. The third-order valence-corrected chi connectivity index (χ3v) is 3.59. The van der Waals surface area contributed by atoms with Gasteiger partial charge in [-0.3, -0.25) is 0 Å². The number of rotatable bonds is 3. The van der Waals surface area contributed by atoms with Crippen molar-refractivity contribution in [3.63, 3.8) is 0 Å². The van der Waals surface area contributed by atoms with Gasteiger partial charge >= 0.3 is 0 Å². The Morgan fingerprint density at radius 3 is 2.59 bits per heavy atom. The average molecular weight is 249 g/mol. The molecule has 1 aromatic heterocycles. The van der Waals surface area contributed by atoms with E-state index in [1.807, 2.05) is 31.2 Å². The van der Waals surface area contributed by atoms with E-state index >= 15 is 0 Å². The number of halogens is 1. The highest BCUT2D eigenvalue weighted by Crippen LogP contribution is 2.22. The maximum Gasteiger partial charge on any atom is 0.127 e. The standard InChI is InChI=1S/C14H17ClN2/c1-10(15)14(2,3)17-13-9-8-11-6-4-5-7-12(11)16-13/h4-10H,1-3H3,(H,16,17). The molecule has 1 aromatic carbocycles. The number of hydrogen-bond acceptors (Lipinski definition) is 2. The predicted octanol–water partition coefficient (Wildman–Crippen LogP) is 4.05. The van der Waals surface area contributed by atoms with Gasteiger partial charge in [0.25, 0.3) is 0 Å². The Balaban J connectivity index is 2.31. The van der Waals surface area contributed by atoms with E-state index < -0.39 is 0 Å². The molecule has 3 heteroatoms. The highest BCUT2D eigenvalue weighted by atomic mass is 35.5. The minimum absolute atomic E-state index is 0.0239. The van der Waals surface area contributed by atoms with Gasteiger partial charge in [-0.2, -0.15) is 0 Å². The lowest BCUT2D eigenvalue weighted by molar-refractivity contribution is 0.553. The molecule has 0 spiro atoms. The number of benzene rings is 1. The summed E-state index contributed by atoms with van der Waals surface area (Å²) in [6.45, 7) is 6.12. The Morgan fingerprint density at radius 1 is 1.18 bits per heavy atom. The van der Waals surface area contributed by atoms with Crippen LogP contribution in [0.4, 0.5) is 5.82 Å². The number of para-hydroxylation sites is 1. The van der Waals surface area contributed by atoms with Gasteiger partial charge in [-0.1, -0.05) is 18.2 Å². The Bertz CT molecular complexity index is 520. The maximum atomic E-state index is 6.15. The van der Waals surface area contributed by atoms with Crippen LogP contribution in [0.15, 0.2) is 36.4 Å². The van der Waals surface area contributed by atoms with E-state index in [1.54, 1.807) is 0 Å². The first kappa shape index (κ1) is 12.2. The number of nitrogens with zero attached hydrogens (tertiary/aromatic N) is 1. The number of aromatic nitrogens is 1. The third kappa shape index (κ3) is 2.70. The molecular formula is C14H17ClN2. The van der Waals surface area contributed by atoms with Gasteiger partial charge in [-0.15, -0.1) is 11.6 Å². The maximum absolute atomic E-state index is 6.15. The van der Waals surface area contributed by atoms with Gasteiger partial charge in [0.2, 0.25) is 0 Å². The molecular weight excluding hydrogens is 232 g/mol. The molecule has 0 bridgehead atoms. The van der Waals surface area contributed by atoms with Crippen molar-refractivity contribution >= 4 is 28.3 Å². The number of pyridine rings is 1. The van der Waals surface area contributed by atoms with Gasteiger partial charge in [-0.25, -0.2) is 4.98 Å². The number of hydrogen-bond donors (Lipinski definition) is 1. The van der Waals surface area contributed by atoms with Crippen LogP contribution in [-0.2, 0) is 0 Å². The Morgan fingerprint density at radius 2 is 1.88 bits per heavy atom. The van der Waals surface area contributed by atoms with Crippen molar-refractivity contribution in [3.8, 4) is 0 Å². The molecule has 1 heterocycles. The predicted molar refractivity (Wildman–Crippen MR) is 74.8 cm³/mol. The summed E-state index contributed by atoms with van der Waals surface area (Å²) in [4.78, 5) is 4.57. The van der Waals surface area contributed by atoms with Crippen LogP contribution in [0.2, 0.25) is 0 Å². The molecule has 0 aliphatic heterocycles. The molecule has 90 valence electrons. The molecule has 2 nitrogen and oxygen atoms in total. The monoisotopic (exact) mass is 248 g/mol. The lowest BCUT2D eigenvalue weighted by Crippen LogP contribution is -2.39. The summed E-state index contributed by atoms with van der Waals surface area (Å²) in [5.41, 5.74) is 0.812. The molecule has 1 unspecified atom stereocenters. The molecule has 0 saturated carbocycles. The fourth-order valence-corrected chi connectivity index (χ4v) is 1.62. The largest absolute Gasteiger partial charge is 0.364 e. The van der Waals surface area contributed by atoms with Crippen LogP contribution >= 0.6 is 11.6 Å². The molecule has 0 fully saturated rings. The van der Waals surface area contributed by atoms with E-state index in [1.165, 1.54) is 0 Å². The Kier molecular flexibility index (Phi) is 3.25. The molecule has 1 N–H and O–H groups in total. The third-order valence-electron chi connectivity index (χ3n) is 3.04. The number of fused-ring (bicyclic) bond motifs is 1.